The van der Waals surface area contributed by atoms with E-state index in [0.29, 0.717) is 42.7 Å². The zero-order chi connectivity index (χ0) is 19.2. The van der Waals surface area contributed by atoms with Gasteiger partial charge in [-0.3, -0.25) is 19.5 Å². The molecule has 0 bridgehead atoms. The SMILES string of the molecule is CCOC(=O)CSc1nnc(CCCn2[nH]c(=O)c3ccccc3c2=O)o1. The maximum Gasteiger partial charge on any atom is 0.316 e. The standard InChI is InChI=1S/C17H18N4O5S/c1-2-25-14(22)10-27-17-19-18-13(26-17)8-5-9-21-16(24)12-7-4-3-6-11(12)15(23)20-21/h3-4,6-7H,2,5,8-10H2,1H3,(H,20,23). The Bertz CT molecular complexity index is 1060. The molecule has 142 valence electrons. The highest BCUT2D eigenvalue weighted by atomic mass is 32.2. The number of benzene rings is 1. The van der Waals surface area contributed by atoms with E-state index in [4.69, 9.17) is 9.15 Å². The van der Waals surface area contributed by atoms with Gasteiger partial charge in [0.1, 0.15) is 5.75 Å². The minimum Gasteiger partial charge on any atom is -0.465 e. The average Bonchev–Trinajstić information content (AvgIpc) is 3.12. The Kier molecular flexibility index (Phi) is 6.07. The normalized spacial score (nSPS) is 11.0. The second kappa shape index (κ2) is 8.67. The molecular formula is C17H18N4O5S. The number of esters is 1. The van der Waals surface area contributed by atoms with Gasteiger partial charge in [-0.25, -0.2) is 4.68 Å². The van der Waals surface area contributed by atoms with Gasteiger partial charge in [-0.15, -0.1) is 10.2 Å². The molecule has 0 unspecified atom stereocenters. The maximum absolute atomic E-state index is 12.4. The number of nitrogens with one attached hydrogen (secondary N) is 1. The van der Waals surface area contributed by atoms with E-state index in [1.165, 1.54) is 4.68 Å². The van der Waals surface area contributed by atoms with Gasteiger partial charge < -0.3 is 9.15 Å². The van der Waals surface area contributed by atoms with Crippen LogP contribution in [0.4, 0.5) is 0 Å². The van der Waals surface area contributed by atoms with Crippen molar-refractivity contribution in [1.82, 2.24) is 20.0 Å². The molecule has 0 aliphatic rings. The van der Waals surface area contributed by atoms with Crippen molar-refractivity contribution in [3.63, 3.8) is 0 Å². The van der Waals surface area contributed by atoms with Crippen molar-refractivity contribution in [3.8, 4) is 0 Å². The summed E-state index contributed by atoms with van der Waals surface area (Å²) in [6.45, 7) is 2.37. The van der Waals surface area contributed by atoms with Gasteiger partial charge in [-0.2, -0.15) is 0 Å². The quantitative estimate of drug-likeness (QED) is 0.452. The van der Waals surface area contributed by atoms with Crippen molar-refractivity contribution < 1.29 is 13.9 Å². The lowest BCUT2D eigenvalue weighted by Gasteiger charge is -2.06. The van der Waals surface area contributed by atoms with Crippen molar-refractivity contribution >= 4 is 28.5 Å². The summed E-state index contributed by atoms with van der Waals surface area (Å²) in [6.07, 6.45) is 0.965. The Balaban J connectivity index is 1.58. The van der Waals surface area contributed by atoms with Crippen LogP contribution >= 0.6 is 11.8 Å². The molecule has 2 aromatic heterocycles. The highest BCUT2D eigenvalue weighted by Gasteiger charge is 2.11. The van der Waals surface area contributed by atoms with Crippen molar-refractivity contribution in [2.75, 3.05) is 12.4 Å². The van der Waals surface area contributed by atoms with Crippen LogP contribution in [0, 0.1) is 0 Å². The number of H-pyrrole nitrogens is 1. The summed E-state index contributed by atoms with van der Waals surface area (Å²) in [5.41, 5.74) is -0.554. The van der Waals surface area contributed by atoms with E-state index in [0.717, 1.165) is 11.8 Å². The molecule has 3 rings (SSSR count). The molecular weight excluding hydrogens is 372 g/mol. The molecule has 3 aromatic rings. The van der Waals surface area contributed by atoms with E-state index in [9.17, 15) is 14.4 Å². The zero-order valence-corrected chi connectivity index (χ0v) is 15.5. The van der Waals surface area contributed by atoms with E-state index in [1.54, 1.807) is 31.2 Å². The molecule has 0 aliphatic carbocycles. The molecule has 1 N–H and O–H groups in total. The summed E-state index contributed by atoms with van der Waals surface area (Å²) in [5, 5.41) is 11.4. The van der Waals surface area contributed by atoms with E-state index in [2.05, 4.69) is 15.3 Å². The number of aromatic nitrogens is 4. The molecule has 2 heterocycles. The summed E-state index contributed by atoms with van der Waals surface area (Å²) in [6, 6.07) is 6.69. The van der Waals surface area contributed by atoms with Gasteiger partial charge >= 0.3 is 5.97 Å². The van der Waals surface area contributed by atoms with E-state index in [-0.39, 0.29) is 28.1 Å². The number of thioether (sulfide) groups is 1. The lowest BCUT2D eigenvalue weighted by atomic mass is 10.2. The molecule has 0 atom stereocenters. The number of fused-ring (bicyclic) bond motifs is 1. The lowest BCUT2D eigenvalue weighted by molar-refractivity contribution is -0.139. The monoisotopic (exact) mass is 390 g/mol. The molecule has 0 saturated carbocycles. The highest BCUT2D eigenvalue weighted by Crippen LogP contribution is 2.17. The molecule has 10 heteroatoms. The zero-order valence-electron chi connectivity index (χ0n) is 14.6. The summed E-state index contributed by atoms with van der Waals surface area (Å²) in [5.74, 6) is 0.155. The predicted molar refractivity (Wildman–Crippen MR) is 98.8 cm³/mol. The van der Waals surface area contributed by atoms with E-state index < -0.39 is 0 Å². The molecule has 0 saturated heterocycles. The topological polar surface area (TPSA) is 120 Å². The Hall–Kier alpha value is -2.88. The Morgan fingerprint density at radius 1 is 1.26 bits per heavy atom. The third-order valence-corrected chi connectivity index (χ3v) is 4.52. The smallest absolute Gasteiger partial charge is 0.316 e. The number of hydrogen-bond acceptors (Lipinski definition) is 8. The van der Waals surface area contributed by atoms with Crippen molar-refractivity contribution in [2.45, 2.75) is 31.5 Å². The first-order chi connectivity index (χ1) is 13.1. The molecule has 27 heavy (non-hydrogen) atoms. The maximum atomic E-state index is 12.4. The van der Waals surface area contributed by atoms with Gasteiger partial charge in [0.25, 0.3) is 16.3 Å². The molecule has 0 fully saturated rings. The van der Waals surface area contributed by atoms with E-state index in [1.807, 2.05) is 0 Å². The second-order valence-electron chi connectivity index (χ2n) is 5.60. The minimum absolute atomic E-state index is 0.100. The molecule has 0 aliphatic heterocycles. The van der Waals surface area contributed by atoms with Crippen LogP contribution in [0.2, 0.25) is 0 Å². The fourth-order valence-corrected chi connectivity index (χ4v) is 3.09. The fraction of sp³-hybridized carbons (Fsp3) is 0.353. The van der Waals surface area contributed by atoms with Gasteiger partial charge in [0.05, 0.1) is 17.4 Å². The highest BCUT2D eigenvalue weighted by molar-refractivity contribution is 7.99. The van der Waals surface area contributed by atoms with Crippen LogP contribution < -0.4 is 11.1 Å². The first-order valence-electron chi connectivity index (χ1n) is 8.41. The van der Waals surface area contributed by atoms with Crippen LogP contribution in [0.25, 0.3) is 10.8 Å². The fourth-order valence-electron chi connectivity index (χ4n) is 2.51. The first-order valence-corrected chi connectivity index (χ1v) is 9.39. The number of ether oxygens (including phenoxy) is 1. The first kappa shape index (κ1) is 18.9. The van der Waals surface area contributed by atoms with Crippen LogP contribution in [0.1, 0.15) is 19.2 Å². The van der Waals surface area contributed by atoms with Gasteiger partial charge in [-0.1, -0.05) is 23.9 Å². The van der Waals surface area contributed by atoms with Crippen LogP contribution in [-0.4, -0.2) is 38.3 Å². The Morgan fingerprint density at radius 2 is 2.04 bits per heavy atom. The largest absolute Gasteiger partial charge is 0.465 e. The van der Waals surface area contributed by atoms with Gasteiger partial charge in [0.15, 0.2) is 0 Å². The summed E-state index contributed by atoms with van der Waals surface area (Å²) < 4.78 is 11.6. The number of aryl methyl sites for hydroxylation is 2. The van der Waals surface area contributed by atoms with Gasteiger partial charge in [0, 0.05) is 13.0 Å². The number of aromatic amines is 1. The van der Waals surface area contributed by atoms with Crippen LogP contribution in [0.3, 0.4) is 0 Å². The van der Waals surface area contributed by atoms with Gasteiger partial charge in [-0.05, 0) is 25.5 Å². The molecule has 0 spiro atoms. The van der Waals surface area contributed by atoms with Crippen LogP contribution in [0.5, 0.6) is 0 Å². The summed E-state index contributed by atoms with van der Waals surface area (Å²) in [4.78, 5) is 35.8. The molecule has 0 radical (unpaired) electrons. The average molecular weight is 390 g/mol. The third kappa shape index (κ3) is 4.64. The number of carbonyl (C=O) groups is 1. The van der Waals surface area contributed by atoms with Crippen molar-refractivity contribution in [3.05, 3.63) is 50.9 Å². The number of rotatable bonds is 8. The number of carbonyl (C=O) groups excluding carboxylic acids is 1. The number of nitrogens with zero attached hydrogens (tertiary/aromatic N) is 3. The third-order valence-electron chi connectivity index (χ3n) is 3.72. The molecule has 9 nitrogen and oxygen atoms in total. The summed E-state index contributed by atoms with van der Waals surface area (Å²) in [7, 11) is 0. The van der Waals surface area contributed by atoms with Crippen molar-refractivity contribution in [2.24, 2.45) is 0 Å². The van der Waals surface area contributed by atoms with Gasteiger partial charge in [0.2, 0.25) is 5.89 Å². The summed E-state index contributed by atoms with van der Waals surface area (Å²) >= 11 is 1.11. The molecule has 1 aromatic carbocycles. The Morgan fingerprint density at radius 3 is 2.81 bits per heavy atom. The minimum atomic E-state index is -0.345. The predicted octanol–water partition coefficient (Wildman–Crippen LogP) is 1.36. The number of hydrogen-bond donors (Lipinski definition) is 1. The van der Waals surface area contributed by atoms with Crippen LogP contribution in [0.15, 0.2) is 43.5 Å². The Labute approximate surface area is 157 Å². The second-order valence-corrected chi connectivity index (χ2v) is 6.53. The molecule has 0 amide bonds. The van der Waals surface area contributed by atoms with Crippen molar-refractivity contribution in [1.29, 1.82) is 0 Å². The van der Waals surface area contributed by atoms with E-state index >= 15 is 0 Å². The van der Waals surface area contributed by atoms with Crippen LogP contribution in [-0.2, 0) is 22.5 Å². The lowest BCUT2D eigenvalue weighted by Crippen LogP contribution is -2.30.